The van der Waals surface area contributed by atoms with Gasteiger partial charge in [-0.1, -0.05) is 13.3 Å². The first-order valence-corrected chi connectivity index (χ1v) is 7.55. The van der Waals surface area contributed by atoms with Crippen LogP contribution < -0.4 is 0 Å². The Morgan fingerprint density at radius 2 is 2.11 bits per heavy atom. The lowest BCUT2D eigenvalue weighted by Crippen LogP contribution is -2.31. The SMILES string of the molecule is CCC1CCC(C(=O)O)C(CCC2CCCO2)C1. The van der Waals surface area contributed by atoms with E-state index in [1.54, 1.807) is 0 Å². The molecule has 18 heavy (non-hydrogen) atoms. The summed E-state index contributed by atoms with van der Waals surface area (Å²) >= 11 is 0. The molecule has 2 aliphatic rings. The van der Waals surface area contributed by atoms with Gasteiger partial charge in [-0.15, -0.1) is 0 Å². The minimum atomic E-state index is -0.582. The fourth-order valence-electron chi connectivity index (χ4n) is 3.65. The van der Waals surface area contributed by atoms with E-state index >= 15 is 0 Å². The third-order valence-corrected chi connectivity index (χ3v) is 4.87. The molecular formula is C15H26O3. The molecular weight excluding hydrogens is 228 g/mol. The number of hydrogen-bond donors (Lipinski definition) is 1. The quantitative estimate of drug-likeness (QED) is 0.817. The van der Waals surface area contributed by atoms with Gasteiger partial charge in [-0.05, 0) is 56.8 Å². The van der Waals surface area contributed by atoms with Crippen LogP contribution in [0.2, 0.25) is 0 Å². The zero-order valence-electron chi connectivity index (χ0n) is 11.4. The van der Waals surface area contributed by atoms with Crippen LogP contribution in [0.4, 0.5) is 0 Å². The summed E-state index contributed by atoms with van der Waals surface area (Å²) < 4.78 is 5.65. The molecule has 4 atom stereocenters. The third kappa shape index (κ3) is 3.47. The molecule has 1 N–H and O–H groups in total. The van der Waals surface area contributed by atoms with Gasteiger partial charge in [-0.2, -0.15) is 0 Å². The zero-order valence-corrected chi connectivity index (χ0v) is 11.4. The zero-order chi connectivity index (χ0) is 13.0. The first kappa shape index (κ1) is 13.9. The van der Waals surface area contributed by atoms with Crippen molar-refractivity contribution in [2.75, 3.05) is 6.61 Å². The molecule has 0 aromatic carbocycles. The van der Waals surface area contributed by atoms with Crippen molar-refractivity contribution in [2.45, 2.75) is 64.4 Å². The second-order valence-corrected chi connectivity index (χ2v) is 6.00. The lowest BCUT2D eigenvalue weighted by atomic mass is 9.71. The monoisotopic (exact) mass is 254 g/mol. The van der Waals surface area contributed by atoms with E-state index in [9.17, 15) is 9.90 Å². The first-order chi connectivity index (χ1) is 8.70. The van der Waals surface area contributed by atoms with E-state index in [0.717, 1.165) is 44.6 Å². The summed E-state index contributed by atoms with van der Waals surface area (Å²) in [5.74, 6) is 0.441. The normalized spacial score (nSPS) is 36.7. The van der Waals surface area contributed by atoms with Gasteiger partial charge in [0.15, 0.2) is 0 Å². The maximum atomic E-state index is 11.3. The van der Waals surface area contributed by atoms with Crippen LogP contribution in [-0.4, -0.2) is 23.8 Å². The molecule has 0 radical (unpaired) electrons. The molecule has 1 heterocycles. The number of carboxylic acid groups (broad SMARTS) is 1. The summed E-state index contributed by atoms with van der Waals surface area (Å²) in [5.41, 5.74) is 0. The predicted molar refractivity (Wildman–Crippen MR) is 70.5 cm³/mol. The minimum absolute atomic E-state index is 0.103. The highest BCUT2D eigenvalue weighted by atomic mass is 16.5. The molecule has 3 heteroatoms. The Labute approximate surface area is 110 Å². The second-order valence-electron chi connectivity index (χ2n) is 6.00. The summed E-state index contributed by atoms with van der Waals surface area (Å²) in [7, 11) is 0. The van der Waals surface area contributed by atoms with Crippen molar-refractivity contribution >= 4 is 5.97 Å². The summed E-state index contributed by atoms with van der Waals surface area (Å²) in [6, 6.07) is 0. The van der Waals surface area contributed by atoms with E-state index in [4.69, 9.17) is 4.74 Å². The topological polar surface area (TPSA) is 46.5 Å². The van der Waals surface area contributed by atoms with Gasteiger partial charge in [0.1, 0.15) is 0 Å². The molecule has 0 aromatic rings. The van der Waals surface area contributed by atoms with Gasteiger partial charge >= 0.3 is 5.97 Å². The average molecular weight is 254 g/mol. The van der Waals surface area contributed by atoms with Gasteiger partial charge in [-0.3, -0.25) is 4.79 Å². The summed E-state index contributed by atoms with van der Waals surface area (Å²) in [5, 5.41) is 9.33. The highest BCUT2D eigenvalue weighted by Gasteiger charge is 2.34. The van der Waals surface area contributed by atoms with E-state index in [2.05, 4.69) is 6.92 Å². The lowest BCUT2D eigenvalue weighted by molar-refractivity contribution is -0.145. The Bertz CT molecular complexity index is 271. The average Bonchev–Trinajstić information content (AvgIpc) is 2.88. The first-order valence-electron chi connectivity index (χ1n) is 7.55. The molecule has 104 valence electrons. The second kappa shape index (κ2) is 6.55. The van der Waals surface area contributed by atoms with Crippen molar-refractivity contribution in [2.24, 2.45) is 17.8 Å². The maximum absolute atomic E-state index is 11.3. The smallest absolute Gasteiger partial charge is 0.306 e. The van der Waals surface area contributed by atoms with E-state index in [1.165, 1.54) is 19.3 Å². The lowest BCUT2D eigenvalue weighted by Gasteiger charge is -2.34. The van der Waals surface area contributed by atoms with E-state index in [0.29, 0.717) is 12.0 Å². The number of ether oxygens (including phenoxy) is 1. The number of carboxylic acids is 1. The van der Waals surface area contributed by atoms with Crippen LogP contribution in [0.3, 0.4) is 0 Å². The van der Waals surface area contributed by atoms with E-state index in [1.807, 2.05) is 0 Å². The molecule has 0 spiro atoms. The third-order valence-electron chi connectivity index (χ3n) is 4.87. The van der Waals surface area contributed by atoms with Crippen LogP contribution in [0.1, 0.15) is 58.3 Å². The summed E-state index contributed by atoms with van der Waals surface area (Å²) in [4.78, 5) is 11.3. The maximum Gasteiger partial charge on any atom is 0.306 e. The number of hydrogen-bond acceptors (Lipinski definition) is 2. The molecule has 1 aliphatic heterocycles. The molecule has 3 nitrogen and oxygen atoms in total. The van der Waals surface area contributed by atoms with Gasteiger partial charge in [-0.25, -0.2) is 0 Å². The standard InChI is InChI=1S/C15H26O3/c1-2-11-5-8-14(15(16)17)12(10-11)6-7-13-4-3-9-18-13/h11-14H,2-10H2,1H3,(H,16,17). The minimum Gasteiger partial charge on any atom is -0.481 e. The van der Waals surface area contributed by atoms with Crippen LogP contribution >= 0.6 is 0 Å². The molecule has 1 saturated carbocycles. The van der Waals surface area contributed by atoms with Crippen molar-refractivity contribution in [3.05, 3.63) is 0 Å². The molecule has 2 rings (SSSR count). The fraction of sp³-hybridized carbons (Fsp3) is 0.933. The predicted octanol–water partition coefficient (Wildman–Crippen LogP) is 3.47. The molecule has 4 unspecified atom stereocenters. The van der Waals surface area contributed by atoms with Crippen molar-refractivity contribution in [3.63, 3.8) is 0 Å². The molecule has 1 saturated heterocycles. The molecule has 1 aliphatic carbocycles. The number of carbonyl (C=O) groups is 1. The Morgan fingerprint density at radius 3 is 2.72 bits per heavy atom. The van der Waals surface area contributed by atoms with Crippen molar-refractivity contribution in [1.29, 1.82) is 0 Å². The highest BCUT2D eigenvalue weighted by molar-refractivity contribution is 5.70. The van der Waals surface area contributed by atoms with E-state index in [-0.39, 0.29) is 5.92 Å². The summed E-state index contributed by atoms with van der Waals surface area (Å²) in [6.07, 6.45) is 9.14. The molecule has 0 bridgehead atoms. The van der Waals surface area contributed by atoms with Crippen molar-refractivity contribution in [3.8, 4) is 0 Å². The molecule has 2 fully saturated rings. The van der Waals surface area contributed by atoms with Gasteiger partial charge in [0.25, 0.3) is 0 Å². The van der Waals surface area contributed by atoms with Crippen LogP contribution in [0, 0.1) is 17.8 Å². The fourth-order valence-corrected chi connectivity index (χ4v) is 3.65. The van der Waals surface area contributed by atoms with Crippen LogP contribution in [-0.2, 0) is 9.53 Å². The van der Waals surface area contributed by atoms with Crippen molar-refractivity contribution < 1.29 is 14.6 Å². The largest absolute Gasteiger partial charge is 0.481 e. The van der Waals surface area contributed by atoms with Gasteiger partial charge in [0, 0.05) is 6.61 Å². The number of rotatable bonds is 5. The van der Waals surface area contributed by atoms with Gasteiger partial charge in [0.2, 0.25) is 0 Å². The Hall–Kier alpha value is -0.570. The van der Waals surface area contributed by atoms with Crippen molar-refractivity contribution in [1.82, 2.24) is 0 Å². The Balaban J connectivity index is 1.85. The Kier molecular flexibility index (Phi) is 5.04. The molecule has 0 amide bonds. The van der Waals surface area contributed by atoms with Crippen LogP contribution in [0.25, 0.3) is 0 Å². The van der Waals surface area contributed by atoms with Gasteiger partial charge in [0.05, 0.1) is 12.0 Å². The van der Waals surface area contributed by atoms with Gasteiger partial charge < -0.3 is 9.84 Å². The van der Waals surface area contributed by atoms with Crippen LogP contribution in [0.5, 0.6) is 0 Å². The number of aliphatic carboxylic acids is 1. The van der Waals surface area contributed by atoms with E-state index < -0.39 is 5.97 Å². The molecule has 0 aromatic heterocycles. The van der Waals surface area contributed by atoms with Crippen LogP contribution in [0.15, 0.2) is 0 Å². The highest BCUT2D eigenvalue weighted by Crippen LogP contribution is 2.38. The Morgan fingerprint density at radius 1 is 1.28 bits per heavy atom. The summed E-state index contributed by atoms with van der Waals surface area (Å²) in [6.45, 7) is 3.12.